The number of benzene rings is 1. The zero-order chi connectivity index (χ0) is 19.5. The maximum absolute atomic E-state index is 5.87. The van der Waals surface area contributed by atoms with Crippen LogP contribution in [0, 0.1) is 0 Å². The van der Waals surface area contributed by atoms with Crippen LogP contribution >= 0.6 is 0 Å². The number of hydrogen-bond donors (Lipinski definition) is 1. The number of ether oxygens (including phenoxy) is 1. The summed E-state index contributed by atoms with van der Waals surface area (Å²) in [6, 6.07) is 10.5. The number of nitrogens with one attached hydrogen (secondary N) is 1. The van der Waals surface area contributed by atoms with Crippen molar-refractivity contribution in [2.75, 3.05) is 18.0 Å². The van der Waals surface area contributed by atoms with Gasteiger partial charge in [0.2, 0.25) is 0 Å². The summed E-state index contributed by atoms with van der Waals surface area (Å²) in [6.45, 7) is 5.92. The third-order valence-electron chi connectivity index (χ3n) is 5.96. The molecule has 29 heavy (non-hydrogen) atoms. The molecule has 2 aliphatic rings. The third-order valence-corrected chi connectivity index (χ3v) is 5.96. The van der Waals surface area contributed by atoms with Crippen molar-refractivity contribution in [1.29, 1.82) is 0 Å². The second-order valence-electron chi connectivity index (χ2n) is 8.41. The number of imidazole rings is 1. The molecule has 7 nitrogen and oxygen atoms in total. The predicted octanol–water partition coefficient (Wildman–Crippen LogP) is 3.76. The van der Waals surface area contributed by atoms with E-state index in [-0.39, 0.29) is 12.2 Å². The maximum atomic E-state index is 5.87. The fourth-order valence-corrected chi connectivity index (χ4v) is 4.47. The van der Waals surface area contributed by atoms with Crippen LogP contribution in [0.3, 0.4) is 0 Å². The first-order valence-corrected chi connectivity index (χ1v) is 10.4. The molecule has 0 spiro atoms. The molecule has 4 heterocycles. The van der Waals surface area contributed by atoms with E-state index in [4.69, 9.17) is 9.84 Å². The van der Waals surface area contributed by atoms with E-state index >= 15 is 0 Å². The summed E-state index contributed by atoms with van der Waals surface area (Å²) in [5.74, 6) is 1.59. The summed E-state index contributed by atoms with van der Waals surface area (Å²) in [6.07, 6.45) is 4.80. The highest BCUT2D eigenvalue weighted by molar-refractivity contribution is 5.87. The molecule has 1 saturated carbocycles. The Balaban J connectivity index is 1.43. The molecule has 2 atom stereocenters. The molecule has 1 N–H and O–H groups in total. The summed E-state index contributed by atoms with van der Waals surface area (Å²) in [4.78, 5) is 6.88. The Morgan fingerprint density at radius 1 is 1.07 bits per heavy atom. The van der Waals surface area contributed by atoms with Crippen molar-refractivity contribution in [2.45, 2.75) is 44.8 Å². The van der Waals surface area contributed by atoms with Gasteiger partial charge in [-0.1, -0.05) is 6.07 Å². The van der Waals surface area contributed by atoms with E-state index in [1.807, 2.05) is 16.8 Å². The first-order valence-electron chi connectivity index (χ1n) is 10.4. The largest absolute Gasteiger partial charge is 0.372 e. The molecule has 6 rings (SSSR count). The minimum Gasteiger partial charge on any atom is -0.372 e. The Kier molecular flexibility index (Phi) is 3.68. The summed E-state index contributed by atoms with van der Waals surface area (Å²) >= 11 is 0. The van der Waals surface area contributed by atoms with Crippen molar-refractivity contribution < 1.29 is 4.74 Å². The van der Waals surface area contributed by atoms with Crippen molar-refractivity contribution in [3.05, 3.63) is 42.2 Å². The molecule has 4 aromatic rings. The molecule has 1 aromatic carbocycles. The molecular formula is C22H24N6O. The Bertz CT molecular complexity index is 1200. The molecule has 3 aromatic heterocycles. The zero-order valence-corrected chi connectivity index (χ0v) is 16.7. The van der Waals surface area contributed by atoms with Crippen LogP contribution in [-0.2, 0) is 4.74 Å². The van der Waals surface area contributed by atoms with E-state index in [9.17, 15) is 0 Å². The average Bonchev–Trinajstić information content (AvgIpc) is 3.33. The van der Waals surface area contributed by atoms with Crippen molar-refractivity contribution in [2.24, 2.45) is 0 Å². The molecule has 148 valence electrons. The Hall–Kier alpha value is -2.93. The number of H-pyrrole nitrogens is 1. The smallest absolute Gasteiger partial charge is 0.154 e. The van der Waals surface area contributed by atoms with Crippen molar-refractivity contribution in [3.8, 4) is 11.3 Å². The van der Waals surface area contributed by atoms with Gasteiger partial charge in [-0.3, -0.25) is 5.10 Å². The van der Waals surface area contributed by atoms with E-state index in [1.54, 1.807) is 0 Å². The molecule has 0 bridgehead atoms. The number of fused-ring (bicyclic) bond motifs is 2. The van der Waals surface area contributed by atoms with Crippen molar-refractivity contribution >= 4 is 22.4 Å². The van der Waals surface area contributed by atoms with Crippen LogP contribution in [0.4, 0.5) is 5.82 Å². The van der Waals surface area contributed by atoms with Gasteiger partial charge in [-0.25, -0.2) is 9.50 Å². The number of morpholine rings is 1. The molecule has 2 fully saturated rings. The van der Waals surface area contributed by atoms with Crippen LogP contribution in [-0.4, -0.2) is 50.1 Å². The molecule has 7 heteroatoms. The highest BCUT2D eigenvalue weighted by Crippen LogP contribution is 2.42. The predicted molar refractivity (Wildman–Crippen MR) is 112 cm³/mol. The number of nitrogens with zero attached hydrogens (tertiary/aromatic N) is 5. The molecule has 0 unspecified atom stereocenters. The van der Waals surface area contributed by atoms with Gasteiger partial charge in [0.25, 0.3) is 0 Å². The summed E-state index contributed by atoms with van der Waals surface area (Å²) in [5, 5.41) is 13.9. The molecule has 1 aliphatic carbocycles. The number of hydrogen-bond acceptors (Lipinski definition) is 5. The number of anilines is 1. The van der Waals surface area contributed by atoms with Gasteiger partial charge in [0.15, 0.2) is 5.65 Å². The fourth-order valence-electron chi connectivity index (χ4n) is 4.47. The summed E-state index contributed by atoms with van der Waals surface area (Å²) in [5.41, 5.74) is 5.26. The van der Waals surface area contributed by atoms with Gasteiger partial charge in [0.1, 0.15) is 5.82 Å². The van der Waals surface area contributed by atoms with E-state index in [2.05, 4.69) is 58.2 Å². The van der Waals surface area contributed by atoms with Gasteiger partial charge in [0, 0.05) is 35.7 Å². The standard InChI is InChI=1S/C22H24N6O/c1-13-11-27(12-14(2)29-13)21-8-7-20-23-10-19(28(20)26-21)16-5-6-18-17(9-16)22(25-24-18)15-3-4-15/h5-10,13-15H,3-4,11-12H2,1-2H3,(H,24,25)/t13-,14-/m0/s1. The molecular weight excluding hydrogens is 364 g/mol. The highest BCUT2D eigenvalue weighted by Gasteiger charge is 2.28. The van der Waals surface area contributed by atoms with Gasteiger partial charge < -0.3 is 9.64 Å². The Morgan fingerprint density at radius 3 is 2.69 bits per heavy atom. The van der Waals surface area contributed by atoms with Gasteiger partial charge in [-0.15, -0.1) is 5.10 Å². The summed E-state index contributed by atoms with van der Waals surface area (Å²) in [7, 11) is 0. The van der Waals surface area contributed by atoms with Gasteiger partial charge >= 0.3 is 0 Å². The van der Waals surface area contributed by atoms with Crippen LogP contribution < -0.4 is 4.90 Å². The monoisotopic (exact) mass is 388 g/mol. The van der Waals surface area contributed by atoms with E-state index in [0.29, 0.717) is 5.92 Å². The SMILES string of the molecule is C[C@H]1CN(c2ccc3ncc(-c4ccc5n[nH]c(C6CC6)c5c4)n3n2)C[C@H](C)O1. The topological polar surface area (TPSA) is 71.3 Å². The van der Waals surface area contributed by atoms with Gasteiger partial charge in [0.05, 0.1) is 29.6 Å². The molecule has 0 amide bonds. The van der Waals surface area contributed by atoms with E-state index in [1.165, 1.54) is 23.9 Å². The number of rotatable bonds is 3. The van der Waals surface area contributed by atoms with Crippen molar-refractivity contribution in [1.82, 2.24) is 24.8 Å². The third kappa shape index (κ3) is 2.88. The van der Waals surface area contributed by atoms with Gasteiger partial charge in [-0.2, -0.15) is 5.10 Å². The Labute approximate surface area is 168 Å². The lowest BCUT2D eigenvalue weighted by Crippen LogP contribution is -2.46. The first-order chi connectivity index (χ1) is 14.2. The minimum atomic E-state index is 0.197. The molecule has 0 radical (unpaired) electrons. The maximum Gasteiger partial charge on any atom is 0.154 e. The van der Waals surface area contributed by atoms with Crippen LogP contribution in [0.5, 0.6) is 0 Å². The molecule has 1 aliphatic heterocycles. The molecule has 1 saturated heterocycles. The fraction of sp³-hybridized carbons (Fsp3) is 0.409. The van der Waals surface area contributed by atoms with Crippen LogP contribution in [0.2, 0.25) is 0 Å². The zero-order valence-electron chi connectivity index (χ0n) is 16.7. The lowest BCUT2D eigenvalue weighted by Gasteiger charge is -2.35. The van der Waals surface area contributed by atoms with Crippen LogP contribution in [0.1, 0.15) is 38.3 Å². The summed E-state index contributed by atoms with van der Waals surface area (Å²) < 4.78 is 7.83. The average molecular weight is 388 g/mol. The lowest BCUT2D eigenvalue weighted by atomic mass is 10.1. The second kappa shape index (κ2) is 6.29. The van der Waals surface area contributed by atoms with Crippen LogP contribution in [0.15, 0.2) is 36.5 Å². The minimum absolute atomic E-state index is 0.197. The number of aromatic amines is 1. The van der Waals surface area contributed by atoms with Crippen molar-refractivity contribution in [3.63, 3.8) is 0 Å². The van der Waals surface area contributed by atoms with E-state index < -0.39 is 0 Å². The lowest BCUT2D eigenvalue weighted by molar-refractivity contribution is -0.00551. The van der Waals surface area contributed by atoms with Crippen LogP contribution in [0.25, 0.3) is 27.8 Å². The highest BCUT2D eigenvalue weighted by atomic mass is 16.5. The number of aromatic nitrogens is 5. The quantitative estimate of drug-likeness (QED) is 0.579. The van der Waals surface area contributed by atoms with Gasteiger partial charge in [-0.05, 0) is 51.0 Å². The van der Waals surface area contributed by atoms with E-state index in [0.717, 1.165) is 41.3 Å². The Morgan fingerprint density at radius 2 is 1.90 bits per heavy atom. The normalized spacial score (nSPS) is 22.6. The first kappa shape index (κ1) is 17.0. The second-order valence-corrected chi connectivity index (χ2v) is 8.41.